The predicted molar refractivity (Wildman–Crippen MR) is 73.5 cm³/mol. The number of aromatic nitrogens is 1. The van der Waals surface area contributed by atoms with Crippen LogP contribution in [0.15, 0.2) is 36.5 Å². The molecule has 1 heterocycles. The number of hydrogen-bond acceptors (Lipinski definition) is 2. The van der Waals surface area contributed by atoms with Crippen LogP contribution in [0.5, 0.6) is 5.75 Å². The Kier molecular flexibility index (Phi) is 3.11. The number of esters is 1. The summed E-state index contributed by atoms with van der Waals surface area (Å²) in [6.45, 7) is 2.04. The van der Waals surface area contributed by atoms with Crippen molar-refractivity contribution < 1.29 is 9.53 Å². The van der Waals surface area contributed by atoms with Crippen LogP contribution in [0.3, 0.4) is 0 Å². The third kappa shape index (κ3) is 2.70. The van der Waals surface area contributed by atoms with Crippen molar-refractivity contribution in [1.29, 1.82) is 0 Å². The van der Waals surface area contributed by atoms with Crippen molar-refractivity contribution in [2.45, 2.75) is 32.1 Å². The fourth-order valence-electron chi connectivity index (χ4n) is 2.15. The van der Waals surface area contributed by atoms with E-state index in [4.69, 9.17) is 4.74 Å². The van der Waals surface area contributed by atoms with E-state index in [-0.39, 0.29) is 5.97 Å². The van der Waals surface area contributed by atoms with E-state index in [1.54, 1.807) is 6.20 Å². The van der Waals surface area contributed by atoms with Crippen molar-refractivity contribution in [1.82, 2.24) is 4.98 Å². The minimum absolute atomic E-state index is 0.310. The smallest absolute Gasteiger partial charge is 0.345 e. The molecule has 1 aliphatic rings. The number of hydrogen-bond donors (Lipinski definition) is 1. The van der Waals surface area contributed by atoms with Crippen LogP contribution in [0.4, 0.5) is 0 Å². The second-order valence-corrected chi connectivity index (χ2v) is 5.00. The topological polar surface area (TPSA) is 42.1 Å². The van der Waals surface area contributed by atoms with Crippen LogP contribution in [0.1, 0.15) is 47.3 Å². The highest BCUT2D eigenvalue weighted by atomic mass is 16.5. The summed E-state index contributed by atoms with van der Waals surface area (Å²) >= 11 is 0. The second kappa shape index (κ2) is 4.92. The predicted octanol–water partition coefficient (Wildman–Crippen LogP) is 3.67. The van der Waals surface area contributed by atoms with Crippen molar-refractivity contribution in [2.75, 3.05) is 0 Å². The zero-order valence-corrected chi connectivity index (χ0v) is 11.0. The molecule has 0 saturated heterocycles. The van der Waals surface area contributed by atoms with Gasteiger partial charge in [-0.1, -0.05) is 19.1 Å². The molecule has 1 aromatic heterocycles. The van der Waals surface area contributed by atoms with E-state index in [0.717, 1.165) is 18.0 Å². The van der Waals surface area contributed by atoms with Crippen molar-refractivity contribution in [3.8, 4) is 5.75 Å². The average molecular weight is 255 g/mol. The molecule has 0 unspecified atom stereocenters. The molecule has 0 atom stereocenters. The maximum Gasteiger partial charge on any atom is 0.345 e. The zero-order valence-electron chi connectivity index (χ0n) is 11.0. The van der Waals surface area contributed by atoms with E-state index in [2.05, 4.69) is 17.1 Å². The summed E-state index contributed by atoms with van der Waals surface area (Å²) < 4.78 is 5.35. The Labute approximate surface area is 112 Å². The molecule has 0 aliphatic heterocycles. The lowest BCUT2D eigenvalue weighted by atomic mass is 10.1. The lowest BCUT2D eigenvalue weighted by molar-refractivity contribution is 0.0735. The number of nitrogens with one attached hydrogen (secondary N) is 1. The Morgan fingerprint density at radius 3 is 2.63 bits per heavy atom. The molecule has 2 aromatic rings. The molecular weight excluding hydrogens is 238 g/mol. The summed E-state index contributed by atoms with van der Waals surface area (Å²) in [7, 11) is 0. The van der Waals surface area contributed by atoms with Crippen molar-refractivity contribution in [2.24, 2.45) is 0 Å². The number of carbonyl (C=O) groups is 1. The van der Waals surface area contributed by atoms with Gasteiger partial charge < -0.3 is 9.72 Å². The summed E-state index contributed by atoms with van der Waals surface area (Å²) in [5, 5.41) is 0. The third-order valence-electron chi connectivity index (χ3n) is 3.50. The molecule has 1 saturated carbocycles. The minimum Gasteiger partial charge on any atom is -0.423 e. The maximum absolute atomic E-state index is 11.9. The van der Waals surface area contributed by atoms with Gasteiger partial charge in [0.25, 0.3) is 0 Å². The normalized spacial score (nSPS) is 14.4. The molecule has 3 nitrogen and oxygen atoms in total. The number of aromatic amines is 1. The molecule has 1 aliphatic carbocycles. The number of H-pyrrole nitrogens is 1. The lowest BCUT2D eigenvalue weighted by Crippen LogP contribution is -2.07. The Morgan fingerprint density at radius 1 is 1.32 bits per heavy atom. The molecule has 19 heavy (non-hydrogen) atoms. The average Bonchev–Trinajstić information content (AvgIpc) is 3.17. The first kappa shape index (κ1) is 12.0. The van der Waals surface area contributed by atoms with Gasteiger partial charge in [-0.25, -0.2) is 4.79 Å². The van der Waals surface area contributed by atoms with Gasteiger partial charge in [-0.05, 0) is 48.9 Å². The van der Waals surface area contributed by atoms with Gasteiger partial charge in [-0.15, -0.1) is 0 Å². The van der Waals surface area contributed by atoms with Crippen LogP contribution in [-0.4, -0.2) is 11.0 Å². The van der Waals surface area contributed by atoms with Crippen LogP contribution in [-0.2, 0) is 6.42 Å². The van der Waals surface area contributed by atoms with E-state index in [1.807, 2.05) is 25.1 Å². The highest BCUT2D eigenvalue weighted by molar-refractivity contribution is 5.91. The first-order chi connectivity index (χ1) is 9.26. The molecule has 0 bridgehead atoms. The van der Waals surface area contributed by atoms with Crippen LogP contribution in [0.2, 0.25) is 0 Å². The summed E-state index contributed by atoms with van der Waals surface area (Å²) in [4.78, 5) is 15.0. The fourth-order valence-corrected chi connectivity index (χ4v) is 2.15. The monoisotopic (exact) mass is 255 g/mol. The fraction of sp³-hybridized carbons (Fsp3) is 0.312. The Hall–Kier alpha value is -2.03. The molecule has 1 aromatic carbocycles. The van der Waals surface area contributed by atoms with Gasteiger partial charge >= 0.3 is 5.97 Å². The molecule has 0 radical (unpaired) electrons. The zero-order chi connectivity index (χ0) is 13.2. The van der Waals surface area contributed by atoms with Crippen molar-refractivity contribution in [3.63, 3.8) is 0 Å². The summed E-state index contributed by atoms with van der Waals surface area (Å²) in [6, 6.07) is 9.68. The molecule has 98 valence electrons. The number of carbonyl (C=O) groups excluding carboxylic acids is 1. The minimum atomic E-state index is -0.310. The molecule has 0 spiro atoms. The van der Waals surface area contributed by atoms with E-state index < -0.39 is 0 Å². The van der Waals surface area contributed by atoms with Crippen LogP contribution in [0, 0.1) is 0 Å². The molecule has 1 N–H and O–H groups in total. The third-order valence-corrected chi connectivity index (χ3v) is 3.50. The Morgan fingerprint density at radius 2 is 2.05 bits per heavy atom. The highest BCUT2D eigenvalue weighted by Crippen LogP contribution is 2.40. The maximum atomic E-state index is 11.9. The first-order valence-corrected chi connectivity index (χ1v) is 6.75. The summed E-state index contributed by atoms with van der Waals surface area (Å²) in [6.07, 6.45) is 5.13. The SMILES string of the molecule is CCc1cc(C(=O)Oc2ccc(C3CC3)cc2)c[nH]1. The number of aryl methyl sites for hydroxylation is 1. The number of ether oxygens (including phenoxy) is 1. The van der Waals surface area contributed by atoms with Crippen molar-refractivity contribution >= 4 is 5.97 Å². The van der Waals surface area contributed by atoms with Crippen LogP contribution >= 0.6 is 0 Å². The molecule has 3 rings (SSSR count). The number of benzene rings is 1. The van der Waals surface area contributed by atoms with E-state index in [0.29, 0.717) is 11.3 Å². The lowest BCUT2D eigenvalue weighted by Gasteiger charge is -2.04. The van der Waals surface area contributed by atoms with Gasteiger partial charge in [0.15, 0.2) is 0 Å². The van der Waals surface area contributed by atoms with Crippen molar-refractivity contribution in [3.05, 3.63) is 53.3 Å². The standard InChI is InChI=1S/C16H17NO2/c1-2-14-9-13(10-17-14)16(18)19-15-7-5-12(6-8-15)11-3-4-11/h5-11,17H,2-4H2,1H3. The van der Waals surface area contributed by atoms with E-state index in [1.165, 1.54) is 18.4 Å². The van der Waals surface area contributed by atoms with Gasteiger partial charge in [0, 0.05) is 11.9 Å². The van der Waals surface area contributed by atoms with Gasteiger partial charge in [-0.2, -0.15) is 0 Å². The van der Waals surface area contributed by atoms with Gasteiger partial charge in [-0.3, -0.25) is 0 Å². The Bertz CT molecular complexity index is 579. The van der Waals surface area contributed by atoms with E-state index >= 15 is 0 Å². The quantitative estimate of drug-likeness (QED) is 0.669. The molecule has 0 amide bonds. The Balaban J connectivity index is 1.68. The van der Waals surface area contributed by atoms with Gasteiger partial charge in [0.1, 0.15) is 5.75 Å². The van der Waals surface area contributed by atoms with E-state index in [9.17, 15) is 4.79 Å². The highest BCUT2D eigenvalue weighted by Gasteiger charge is 2.23. The molecular formula is C16H17NO2. The summed E-state index contributed by atoms with van der Waals surface area (Å²) in [5.74, 6) is 1.02. The van der Waals surface area contributed by atoms with Crippen LogP contribution < -0.4 is 4.74 Å². The molecule has 1 fully saturated rings. The van der Waals surface area contributed by atoms with Crippen LogP contribution in [0.25, 0.3) is 0 Å². The van der Waals surface area contributed by atoms with Gasteiger partial charge in [0.05, 0.1) is 5.56 Å². The van der Waals surface area contributed by atoms with Gasteiger partial charge in [0.2, 0.25) is 0 Å². The summed E-state index contributed by atoms with van der Waals surface area (Å²) in [5.41, 5.74) is 2.95. The first-order valence-electron chi connectivity index (χ1n) is 6.75. The number of rotatable bonds is 4. The second-order valence-electron chi connectivity index (χ2n) is 5.00. The molecule has 3 heteroatoms. The largest absolute Gasteiger partial charge is 0.423 e.